The average Bonchev–Trinajstić information content (AvgIpc) is 2.66. The minimum Gasteiger partial charge on any atom is -0.492 e. The maximum atomic E-state index is 12.6. The molecule has 2 amide bonds. The summed E-state index contributed by atoms with van der Waals surface area (Å²) in [7, 11) is 0. The highest BCUT2D eigenvalue weighted by Gasteiger charge is 2.28. The Kier molecular flexibility index (Phi) is 5.55. The van der Waals surface area contributed by atoms with E-state index in [2.05, 4.69) is 15.3 Å². The van der Waals surface area contributed by atoms with E-state index in [9.17, 15) is 14.7 Å². The Hall–Kier alpha value is -2.74. The zero-order valence-corrected chi connectivity index (χ0v) is 15.6. The molecular weight excluding hydrogens is 346 g/mol. The summed E-state index contributed by atoms with van der Waals surface area (Å²) in [5, 5.41) is 12.5. The van der Waals surface area contributed by atoms with Crippen LogP contribution >= 0.6 is 0 Å². The van der Waals surface area contributed by atoms with Crippen LogP contribution in [0.15, 0.2) is 24.4 Å². The molecule has 27 heavy (non-hydrogen) atoms. The average molecular weight is 371 g/mol. The zero-order valence-electron chi connectivity index (χ0n) is 15.6. The van der Waals surface area contributed by atoms with E-state index in [-0.39, 0.29) is 23.7 Å². The highest BCUT2D eigenvalue weighted by molar-refractivity contribution is 5.97. The van der Waals surface area contributed by atoms with Crippen molar-refractivity contribution >= 4 is 22.8 Å². The highest BCUT2D eigenvalue weighted by Crippen LogP contribution is 2.22. The van der Waals surface area contributed by atoms with Crippen LogP contribution in [0, 0.1) is 5.92 Å². The number of carbonyl (C=O) groups is 2. The van der Waals surface area contributed by atoms with Crippen molar-refractivity contribution in [1.82, 2.24) is 20.2 Å². The number of rotatable bonds is 4. The van der Waals surface area contributed by atoms with Gasteiger partial charge in [0.2, 0.25) is 11.8 Å². The summed E-state index contributed by atoms with van der Waals surface area (Å²) >= 11 is 0. The van der Waals surface area contributed by atoms with E-state index in [4.69, 9.17) is 5.73 Å². The molecule has 2 heterocycles. The molecule has 4 N–H and O–H groups in total. The van der Waals surface area contributed by atoms with Crippen molar-refractivity contribution in [1.29, 1.82) is 0 Å². The lowest BCUT2D eigenvalue weighted by Gasteiger charge is -2.35. The molecule has 3 rings (SSSR count). The van der Waals surface area contributed by atoms with Crippen LogP contribution in [0.25, 0.3) is 11.0 Å². The molecule has 1 fully saturated rings. The van der Waals surface area contributed by atoms with Crippen molar-refractivity contribution in [2.45, 2.75) is 38.8 Å². The van der Waals surface area contributed by atoms with E-state index in [0.29, 0.717) is 35.6 Å². The first-order valence-electron chi connectivity index (χ1n) is 9.16. The zero-order chi connectivity index (χ0) is 19.6. The van der Waals surface area contributed by atoms with Gasteiger partial charge in [0.15, 0.2) is 0 Å². The van der Waals surface area contributed by atoms with Gasteiger partial charge < -0.3 is 21.1 Å². The number of hydrogen-bond acceptors (Lipinski definition) is 6. The standard InChI is InChI=1S/C19H25N5O3/c1-11(20)19(27)24-7-5-13(6-8-24)12(2)22-18(26)14-3-4-15-16(9-14)23-17(25)10-21-15/h3-4,9-13H,5-8,20H2,1-2H3,(H,22,26)(H,23,25)/t11-,12?/m0/s1. The molecule has 2 atom stereocenters. The fourth-order valence-corrected chi connectivity index (χ4v) is 3.46. The molecule has 0 radical (unpaired) electrons. The summed E-state index contributed by atoms with van der Waals surface area (Å²) in [5.74, 6) is -0.0915. The normalized spacial score (nSPS) is 17.5. The molecule has 8 nitrogen and oxygen atoms in total. The fourth-order valence-electron chi connectivity index (χ4n) is 3.46. The van der Waals surface area contributed by atoms with E-state index in [0.717, 1.165) is 12.8 Å². The third-order valence-electron chi connectivity index (χ3n) is 5.10. The topological polar surface area (TPSA) is 121 Å². The van der Waals surface area contributed by atoms with Crippen LogP contribution in [0.1, 0.15) is 37.0 Å². The Labute approximate surface area is 157 Å². The van der Waals surface area contributed by atoms with Crippen LogP contribution in [-0.2, 0) is 4.79 Å². The predicted octanol–water partition coefficient (Wildman–Crippen LogP) is 1.04. The Morgan fingerprint density at radius 3 is 2.63 bits per heavy atom. The number of aromatic hydroxyl groups is 1. The third-order valence-corrected chi connectivity index (χ3v) is 5.10. The molecule has 0 bridgehead atoms. The highest BCUT2D eigenvalue weighted by atomic mass is 16.3. The van der Waals surface area contributed by atoms with Crippen LogP contribution in [-0.4, -0.2) is 57.0 Å². The summed E-state index contributed by atoms with van der Waals surface area (Å²) in [4.78, 5) is 34.4. The molecule has 1 aliphatic rings. The van der Waals surface area contributed by atoms with Crippen LogP contribution in [0.3, 0.4) is 0 Å². The molecule has 1 saturated heterocycles. The Bertz CT molecular complexity index is 846. The van der Waals surface area contributed by atoms with Crippen LogP contribution in [0.5, 0.6) is 5.88 Å². The molecule has 8 heteroatoms. The van der Waals surface area contributed by atoms with Crippen LogP contribution < -0.4 is 11.1 Å². The second-order valence-corrected chi connectivity index (χ2v) is 7.15. The number of fused-ring (bicyclic) bond motifs is 1. The molecule has 1 aliphatic heterocycles. The van der Waals surface area contributed by atoms with Crippen molar-refractivity contribution in [3.63, 3.8) is 0 Å². The molecule has 1 unspecified atom stereocenters. The molecule has 1 aromatic heterocycles. The Balaban J connectivity index is 1.60. The summed E-state index contributed by atoms with van der Waals surface area (Å²) in [6, 6.07) is 4.53. The Morgan fingerprint density at radius 2 is 1.96 bits per heavy atom. The van der Waals surface area contributed by atoms with E-state index >= 15 is 0 Å². The second-order valence-electron chi connectivity index (χ2n) is 7.15. The summed E-state index contributed by atoms with van der Waals surface area (Å²) in [6.45, 7) is 5.01. The molecule has 0 aliphatic carbocycles. The lowest BCUT2D eigenvalue weighted by molar-refractivity contribution is -0.133. The van der Waals surface area contributed by atoms with E-state index in [1.54, 1.807) is 30.0 Å². The van der Waals surface area contributed by atoms with E-state index in [1.807, 2.05) is 6.92 Å². The van der Waals surface area contributed by atoms with E-state index in [1.165, 1.54) is 6.20 Å². The van der Waals surface area contributed by atoms with Gasteiger partial charge in [0.05, 0.1) is 23.3 Å². The monoisotopic (exact) mass is 371 g/mol. The number of nitrogens with zero attached hydrogens (tertiary/aromatic N) is 3. The van der Waals surface area contributed by atoms with Gasteiger partial charge in [-0.2, -0.15) is 0 Å². The van der Waals surface area contributed by atoms with Gasteiger partial charge in [-0.3, -0.25) is 9.59 Å². The number of nitrogens with one attached hydrogen (secondary N) is 1. The van der Waals surface area contributed by atoms with E-state index < -0.39 is 6.04 Å². The summed E-state index contributed by atoms with van der Waals surface area (Å²) in [5.41, 5.74) is 7.22. The number of amides is 2. The van der Waals surface area contributed by atoms with Gasteiger partial charge in [-0.15, -0.1) is 0 Å². The van der Waals surface area contributed by atoms with Crippen molar-refractivity contribution < 1.29 is 14.7 Å². The SMILES string of the molecule is CC(NC(=O)c1ccc2ncc(O)nc2c1)C1CCN(C(=O)[C@H](C)N)CC1. The number of aromatic nitrogens is 2. The van der Waals surface area contributed by atoms with Gasteiger partial charge in [0.1, 0.15) is 0 Å². The van der Waals surface area contributed by atoms with Crippen molar-refractivity contribution in [2.24, 2.45) is 11.7 Å². The van der Waals surface area contributed by atoms with Gasteiger partial charge in [-0.05, 0) is 50.8 Å². The summed E-state index contributed by atoms with van der Waals surface area (Å²) < 4.78 is 0. The van der Waals surface area contributed by atoms with Crippen molar-refractivity contribution in [3.8, 4) is 5.88 Å². The predicted molar refractivity (Wildman–Crippen MR) is 101 cm³/mol. The molecule has 0 saturated carbocycles. The first-order valence-corrected chi connectivity index (χ1v) is 9.16. The number of piperidine rings is 1. The molecule has 1 aromatic carbocycles. The second kappa shape index (κ2) is 7.87. The molecular formula is C19H25N5O3. The molecule has 144 valence electrons. The number of carbonyl (C=O) groups excluding carboxylic acids is 2. The van der Waals surface area contributed by atoms with Gasteiger partial charge in [0.25, 0.3) is 5.91 Å². The molecule has 0 spiro atoms. The largest absolute Gasteiger partial charge is 0.492 e. The van der Waals surface area contributed by atoms with Gasteiger partial charge in [-0.1, -0.05) is 0 Å². The third kappa shape index (κ3) is 4.33. The Morgan fingerprint density at radius 1 is 1.26 bits per heavy atom. The smallest absolute Gasteiger partial charge is 0.251 e. The van der Waals surface area contributed by atoms with Gasteiger partial charge in [-0.25, -0.2) is 9.97 Å². The van der Waals surface area contributed by atoms with Gasteiger partial charge >= 0.3 is 0 Å². The van der Waals surface area contributed by atoms with Crippen LogP contribution in [0.2, 0.25) is 0 Å². The first-order chi connectivity index (χ1) is 12.8. The van der Waals surface area contributed by atoms with Crippen molar-refractivity contribution in [3.05, 3.63) is 30.0 Å². The minimum atomic E-state index is -0.478. The van der Waals surface area contributed by atoms with Crippen LogP contribution in [0.4, 0.5) is 0 Å². The fraction of sp³-hybridized carbons (Fsp3) is 0.474. The van der Waals surface area contributed by atoms with Crippen molar-refractivity contribution in [2.75, 3.05) is 13.1 Å². The quantitative estimate of drug-likeness (QED) is 0.738. The number of nitrogens with two attached hydrogens (primary N) is 1. The van der Waals surface area contributed by atoms with Gasteiger partial charge in [0, 0.05) is 24.7 Å². The summed E-state index contributed by atoms with van der Waals surface area (Å²) in [6.07, 6.45) is 2.93. The minimum absolute atomic E-state index is 0.0176. The number of hydrogen-bond donors (Lipinski definition) is 3. The maximum absolute atomic E-state index is 12.6. The lowest BCUT2D eigenvalue weighted by atomic mass is 9.90. The first kappa shape index (κ1) is 19.0. The number of likely N-dealkylation sites (tertiary alicyclic amines) is 1. The molecule has 2 aromatic rings. The maximum Gasteiger partial charge on any atom is 0.251 e. The lowest BCUT2D eigenvalue weighted by Crippen LogP contribution is -2.49. The number of benzene rings is 1.